The highest BCUT2D eigenvalue weighted by Gasteiger charge is 2.14. The second kappa shape index (κ2) is 5.54. The quantitative estimate of drug-likeness (QED) is 0.654. The summed E-state index contributed by atoms with van der Waals surface area (Å²) in [6.07, 6.45) is 0.639. The van der Waals surface area contributed by atoms with E-state index in [4.69, 9.17) is 11.6 Å². The number of nitrogens with zero attached hydrogens (tertiary/aromatic N) is 2. The number of benzene rings is 1. The number of aryl methyl sites for hydroxylation is 2. The molecule has 0 amide bonds. The SMILES string of the molecule is Cc1ccc(Cn2c(CCCl)nc3c(F)cccc32)s1. The van der Waals surface area contributed by atoms with E-state index in [1.54, 1.807) is 17.4 Å². The Morgan fingerprint density at radius 2 is 2.15 bits per heavy atom. The highest BCUT2D eigenvalue weighted by atomic mass is 35.5. The number of thiophene rings is 1. The van der Waals surface area contributed by atoms with Crippen molar-refractivity contribution in [1.29, 1.82) is 0 Å². The lowest BCUT2D eigenvalue weighted by Crippen LogP contribution is -2.04. The second-order valence-electron chi connectivity index (χ2n) is 4.67. The highest BCUT2D eigenvalue weighted by molar-refractivity contribution is 7.11. The van der Waals surface area contributed by atoms with Gasteiger partial charge in [0, 0.05) is 22.1 Å². The molecule has 0 radical (unpaired) electrons. The fraction of sp³-hybridized carbons (Fsp3) is 0.267. The van der Waals surface area contributed by atoms with Gasteiger partial charge in [0.25, 0.3) is 0 Å². The lowest BCUT2D eigenvalue weighted by Gasteiger charge is -2.06. The lowest BCUT2D eigenvalue weighted by molar-refractivity contribution is 0.637. The summed E-state index contributed by atoms with van der Waals surface area (Å²) in [7, 11) is 0. The number of rotatable bonds is 4. The van der Waals surface area contributed by atoms with Crippen LogP contribution in [0.25, 0.3) is 11.0 Å². The summed E-state index contributed by atoms with van der Waals surface area (Å²) < 4.78 is 15.9. The number of aromatic nitrogens is 2. The van der Waals surface area contributed by atoms with Crippen LogP contribution < -0.4 is 0 Å². The number of para-hydroxylation sites is 1. The molecule has 20 heavy (non-hydrogen) atoms. The van der Waals surface area contributed by atoms with Crippen molar-refractivity contribution in [2.24, 2.45) is 0 Å². The van der Waals surface area contributed by atoms with E-state index in [0.717, 1.165) is 11.3 Å². The van der Waals surface area contributed by atoms with Gasteiger partial charge >= 0.3 is 0 Å². The van der Waals surface area contributed by atoms with Crippen molar-refractivity contribution in [3.8, 4) is 0 Å². The van der Waals surface area contributed by atoms with Gasteiger partial charge in [-0.05, 0) is 31.2 Å². The van der Waals surface area contributed by atoms with Crippen LogP contribution in [0.3, 0.4) is 0 Å². The van der Waals surface area contributed by atoms with Crippen molar-refractivity contribution in [3.63, 3.8) is 0 Å². The zero-order valence-corrected chi connectivity index (χ0v) is 12.6. The zero-order valence-electron chi connectivity index (χ0n) is 11.1. The number of hydrogen-bond donors (Lipinski definition) is 0. The molecule has 3 aromatic rings. The summed E-state index contributed by atoms with van der Waals surface area (Å²) in [5.41, 5.74) is 1.26. The number of halogens is 2. The molecular weight excluding hydrogens is 295 g/mol. The molecule has 5 heteroatoms. The third-order valence-corrected chi connectivity index (χ3v) is 4.41. The molecule has 0 unspecified atom stereocenters. The largest absolute Gasteiger partial charge is 0.323 e. The van der Waals surface area contributed by atoms with Crippen LogP contribution >= 0.6 is 22.9 Å². The Morgan fingerprint density at radius 1 is 1.30 bits per heavy atom. The average Bonchev–Trinajstić information content (AvgIpc) is 2.97. The van der Waals surface area contributed by atoms with Gasteiger partial charge in [-0.2, -0.15) is 0 Å². The molecule has 0 spiro atoms. The predicted octanol–water partition coefficient (Wildman–Crippen LogP) is 4.37. The lowest BCUT2D eigenvalue weighted by atomic mass is 10.3. The minimum absolute atomic E-state index is 0.278. The first-order chi connectivity index (χ1) is 9.69. The Bertz CT molecular complexity index is 747. The number of hydrogen-bond acceptors (Lipinski definition) is 2. The molecule has 104 valence electrons. The Labute approximate surface area is 125 Å². The third kappa shape index (κ3) is 2.45. The number of alkyl halides is 1. The molecule has 1 aromatic carbocycles. The molecule has 0 N–H and O–H groups in total. The van der Waals surface area contributed by atoms with Crippen molar-refractivity contribution in [1.82, 2.24) is 9.55 Å². The normalized spacial score (nSPS) is 11.3. The summed E-state index contributed by atoms with van der Waals surface area (Å²) in [4.78, 5) is 6.92. The fourth-order valence-corrected chi connectivity index (χ4v) is 3.39. The van der Waals surface area contributed by atoms with E-state index in [1.165, 1.54) is 15.8 Å². The van der Waals surface area contributed by atoms with Crippen LogP contribution in [0.4, 0.5) is 4.39 Å². The first-order valence-corrected chi connectivity index (χ1v) is 7.79. The van der Waals surface area contributed by atoms with E-state index in [-0.39, 0.29) is 5.82 Å². The molecule has 2 aromatic heterocycles. The van der Waals surface area contributed by atoms with Crippen LogP contribution in [0, 0.1) is 12.7 Å². The minimum atomic E-state index is -0.278. The van der Waals surface area contributed by atoms with E-state index in [1.807, 2.05) is 6.07 Å². The molecule has 0 saturated heterocycles. The molecule has 0 aliphatic carbocycles. The summed E-state index contributed by atoms with van der Waals surface area (Å²) in [6.45, 7) is 2.80. The Kier molecular flexibility index (Phi) is 3.76. The van der Waals surface area contributed by atoms with Crippen molar-refractivity contribution in [2.75, 3.05) is 5.88 Å². The van der Waals surface area contributed by atoms with Gasteiger partial charge in [-0.15, -0.1) is 22.9 Å². The smallest absolute Gasteiger partial charge is 0.151 e. The van der Waals surface area contributed by atoms with E-state index in [2.05, 4.69) is 28.6 Å². The topological polar surface area (TPSA) is 17.8 Å². The van der Waals surface area contributed by atoms with Crippen molar-refractivity contribution in [2.45, 2.75) is 19.9 Å². The van der Waals surface area contributed by atoms with Crippen LogP contribution in [-0.2, 0) is 13.0 Å². The Balaban J connectivity index is 2.11. The van der Waals surface area contributed by atoms with Crippen LogP contribution in [0.15, 0.2) is 30.3 Å². The molecule has 0 saturated carbocycles. The molecule has 2 nitrogen and oxygen atoms in total. The Morgan fingerprint density at radius 3 is 2.85 bits per heavy atom. The minimum Gasteiger partial charge on any atom is -0.323 e. The van der Waals surface area contributed by atoms with E-state index < -0.39 is 0 Å². The second-order valence-corrected chi connectivity index (χ2v) is 6.42. The van der Waals surface area contributed by atoms with Crippen LogP contribution in [0.5, 0.6) is 0 Å². The zero-order chi connectivity index (χ0) is 14.1. The standard InChI is InChI=1S/C15H14ClFN2S/c1-10-5-6-11(20-10)9-19-13-4-2-3-12(17)15(13)18-14(19)7-8-16/h2-6H,7-9H2,1H3. The molecule has 0 aliphatic heterocycles. The summed E-state index contributed by atoms with van der Waals surface area (Å²) in [5.74, 6) is 1.04. The fourth-order valence-electron chi connectivity index (χ4n) is 2.34. The molecule has 0 fully saturated rings. The third-order valence-electron chi connectivity index (χ3n) is 3.24. The molecule has 3 rings (SSSR count). The van der Waals surface area contributed by atoms with Gasteiger partial charge in [0.05, 0.1) is 12.1 Å². The van der Waals surface area contributed by atoms with Crippen molar-refractivity contribution >= 4 is 34.0 Å². The van der Waals surface area contributed by atoms with E-state index in [9.17, 15) is 4.39 Å². The molecular formula is C15H14ClFN2S. The highest BCUT2D eigenvalue weighted by Crippen LogP contribution is 2.23. The Hall–Kier alpha value is -1.39. The molecule has 2 heterocycles. The van der Waals surface area contributed by atoms with Gasteiger partial charge in [0.2, 0.25) is 0 Å². The van der Waals surface area contributed by atoms with E-state index >= 15 is 0 Å². The molecule has 0 atom stereocenters. The summed E-state index contributed by atoms with van der Waals surface area (Å²) >= 11 is 7.59. The summed E-state index contributed by atoms with van der Waals surface area (Å²) in [6, 6.07) is 9.28. The maximum atomic E-state index is 13.9. The number of fused-ring (bicyclic) bond motifs is 1. The van der Waals surface area contributed by atoms with Gasteiger partial charge in [-0.25, -0.2) is 9.37 Å². The van der Waals surface area contributed by atoms with Gasteiger partial charge in [-0.3, -0.25) is 0 Å². The average molecular weight is 309 g/mol. The van der Waals surface area contributed by atoms with Crippen molar-refractivity contribution < 1.29 is 4.39 Å². The maximum absolute atomic E-state index is 13.9. The van der Waals surface area contributed by atoms with Crippen LogP contribution in [0.2, 0.25) is 0 Å². The van der Waals surface area contributed by atoms with Gasteiger partial charge in [0.1, 0.15) is 11.3 Å². The molecule has 0 bridgehead atoms. The van der Waals surface area contributed by atoms with Crippen molar-refractivity contribution in [3.05, 3.63) is 51.7 Å². The first kappa shape index (κ1) is 13.6. The predicted molar refractivity (Wildman–Crippen MR) is 82.3 cm³/mol. The molecule has 0 aliphatic rings. The van der Waals surface area contributed by atoms with Crippen LogP contribution in [-0.4, -0.2) is 15.4 Å². The van der Waals surface area contributed by atoms with E-state index in [0.29, 0.717) is 24.4 Å². The van der Waals surface area contributed by atoms with Crippen LogP contribution in [0.1, 0.15) is 15.6 Å². The van der Waals surface area contributed by atoms with Gasteiger partial charge in [-0.1, -0.05) is 6.07 Å². The first-order valence-electron chi connectivity index (χ1n) is 6.44. The number of imidazole rings is 1. The monoisotopic (exact) mass is 308 g/mol. The van der Waals surface area contributed by atoms with Gasteiger partial charge in [0.15, 0.2) is 5.82 Å². The maximum Gasteiger partial charge on any atom is 0.151 e. The summed E-state index contributed by atoms with van der Waals surface area (Å²) in [5, 5.41) is 0. The van der Waals surface area contributed by atoms with Gasteiger partial charge < -0.3 is 4.57 Å².